The zero-order valence-electron chi connectivity index (χ0n) is 20.0. The van der Waals surface area contributed by atoms with Crippen molar-refractivity contribution in [3.05, 3.63) is 78.5 Å². The number of rotatable bonds is 6. The molecule has 10 heteroatoms. The van der Waals surface area contributed by atoms with Gasteiger partial charge in [-0.15, -0.1) is 0 Å². The number of imidazole rings is 1. The van der Waals surface area contributed by atoms with E-state index in [1.165, 1.54) is 12.1 Å². The standard InChI is InChI=1S/C27H23FN8S/c1-37(2,3)31-15-16-12-18(14-19(28)13-16)23-24-21(8-11-30-23)33-27(34-24)26-25-22(35-36-26)5-4-20(32-25)17-6-9-29-10-7-17/h4-14,31H,1-2,15H2,3H3,(H,33,34)(H,35,36). The lowest BCUT2D eigenvalue weighted by atomic mass is 10.1. The van der Waals surface area contributed by atoms with Crippen molar-refractivity contribution in [1.29, 1.82) is 0 Å². The van der Waals surface area contributed by atoms with Gasteiger partial charge in [-0.05, 0) is 60.4 Å². The molecule has 184 valence electrons. The molecule has 0 bridgehead atoms. The molecule has 0 aliphatic rings. The number of fused-ring (bicyclic) bond motifs is 2. The Labute approximate surface area is 212 Å². The number of benzene rings is 1. The first-order valence-electron chi connectivity index (χ1n) is 11.4. The predicted molar refractivity (Wildman–Crippen MR) is 150 cm³/mol. The fourth-order valence-electron chi connectivity index (χ4n) is 4.15. The largest absolute Gasteiger partial charge is 0.336 e. The van der Waals surface area contributed by atoms with Crippen LogP contribution in [0.25, 0.3) is 56.1 Å². The van der Waals surface area contributed by atoms with Crippen LogP contribution in [0.4, 0.5) is 4.39 Å². The Balaban J connectivity index is 1.44. The van der Waals surface area contributed by atoms with Gasteiger partial charge in [0, 0.05) is 36.3 Å². The van der Waals surface area contributed by atoms with E-state index in [0.717, 1.165) is 27.9 Å². The minimum atomic E-state index is -1.43. The van der Waals surface area contributed by atoms with E-state index in [0.29, 0.717) is 40.4 Å². The molecule has 6 rings (SSSR count). The third-order valence-corrected chi connectivity index (χ3v) is 6.71. The molecule has 0 saturated heterocycles. The molecule has 0 saturated carbocycles. The van der Waals surface area contributed by atoms with Crippen molar-refractivity contribution in [3.8, 4) is 34.0 Å². The van der Waals surface area contributed by atoms with Crippen LogP contribution in [0.2, 0.25) is 0 Å². The highest BCUT2D eigenvalue weighted by molar-refractivity contribution is 8.25. The van der Waals surface area contributed by atoms with Crippen molar-refractivity contribution in [3.63, 3.8) is 0 Å². The van der Waals surface area contributed by atoms with Crippen molar-refractivity contribution in [2.24, 2.45) is 0 Å². The van der Waals surface area contributed by atoms with Gasteiger partial charge in [-0.25, -0.2) is 14.4 Å². The SMILES string of the molecule is C=S(=C)(C)NCc1cc(F)cc(-c2nccc3[nH]c(-c4n[nH]c5ccc(-c6ccncc6)nc45)nc23)c1. The van der Waals surface area contributed by atoms with E-state index in [4.69, 9.17) is 9.97 Å². The zero-order chi connectivity index (χ0) is 25.6. The van der Waals surface area contributed by atoms with E-state index in [-0.39, 0.29) is 5.82 Å². The minimum Gasteiger partial charge on any atom is -0.336 e. The summed E-state index contributed by atoms with van der Waals surface area (Å²) in [7, 11) is -1.43. The molecule has 0 aliphatic carbocycles. The van der Waals surface area contributed by atoms with E-state index in [9.17, 15) is 4.39 Å². The number of nitrogens with zero attached hydrogens (tertiary/aromatic N) is 5. The van der Waals surface area contributed by atoms with E-state index in [2.05, 4.69) is 41.6 Å². The number of pyridine rings is 3. The van der Waals surface area contributed by atoms with E-state index in [1.807, 2.05) is 42.7 Å². The summed E-state index contributed by atoms with van der Waals surface area (Å²) >= 11 is 0. The van der Waals surface area contributed by atoms with E-state index < -0.39 is 9.39 Å². The third-order valence-electron chi connectivity index (χ3n) is 5.86. The highest BCUT2D eigenvalue weighted by Crippen LogP contribution is 2.31. The smallest absolute Gasteiger partial charge is 0.161 e. The van der Waals surface area contributed by atoms with Gasteiger partial charge in [0.25, 0.3) is 0 Å². The minimum absolute atomic E-state index is 0.347. The predicted octanol–water partition coefficient (Wildman–Crippen LogP) is 5.07. The molecular weight excluding hydrogens is 487 g/mol. The topological polar surface area (TPSA) is 108 Å². The van der Waals surface area contributed by atoms with Gasteiger partial charge in [0.1, 0.15) is 16.9 Å². The maximum absolute atomic E-state index is 14.6. The Kier molecular flexibility index (Phi) is 5.54. The van der Waals surface area contributed by atoms with Crippen molar-refractivity contribution in [2.45, 2.75) is 6.54 Å². The van der Waals surface area contributed by atoms with E-state index >= 15 is 0 Å². The summed E-state index contributed by atoms with van der Waals surface area (Å²) in [4.78, 5) is 21.6. The van der Waals surface area contributed by atoms with Crippen LogP contribution in [-0.2, 0) is 6.54 Å². The molecule has 5 heterocycles. The Morgan fingerprint density at radius 3 is 2.51 bits per heavy atom. The number of nitrogens with one attached hydrogen (secondary N) is 3. The quantitative estimate of drug-likeness (QED) is 0.270. The number of hydrogen-bond acceptors (Lipinski definition) is 6. The van der Waals surface area contributed by atoms with Gasteiger partial charge in [-0.1, -0.05) is 11.7 Å². The fourth-order valence-corrected chi connectivity index (χ4v) is 4.67. The first kappa shape index (κ1) is 23.0. The summed E-state index contributed by atoms with van der Waals surface area (Å²) in [5.74, 6) is 8.25. The summed E-state index contributed by atoms with van der Waals surface area (Å²) in [6, 6.07) is 14.4. The van der Waals surface area contributed by atoms with Crippen LogP contribution in [0.1, 0.15) is 5.56 Å². The molecular formula is C27H23FN8S. The molecule has 37 heavy (non-hydrogen) atoms. The van der Waals surface area contributed by atoms with Crippen molar-refractivity contribution in [2.75, 3.05) is 6.26 Å². The second-order valence-corrected chi connectivity index (χ2v) is 11.8. The summed E-state index contributed by atoms with van der Waals surface area (Å²) < 4.78 is 17.8. The van der Waals surface area contributed by atoms with Crippen LogP contribution in [0, 0.1) is 5.82 Å². The van der Waals surface area contributed by atoms with Gasteiger partial charge < -0.3 is 4.98 Å². The molecule has 6 aromatic rings. The second kappa shape index (κ2) is 8.91. The lowest BCUT2D eigenvalue weighted by Crippen LogP contribution is -2.08. The average molecular weight is 511 g/mol. The number of aromatic nitrogens is 7. The normalized spacial score (nSPS) is 11.9. The monoisotopic (exact) mass is 510 g/mol. The Morgan fingerprint density at radius 2 is 1.70 bits per heavy atom. The van der Waals surface area contributed by atoms with Crippen molar-refractivity contribution in [1.82, 2.24) is 39.8 Å². The molecule has 1 aromatic carbocycles. The van der Waals surface area contributed by atoms with Crippen LogP contribution >= 0.6 is 9.39 Å². The first-order chi connectivity index (χ1) is 17.8. The highest BCUT2D eigenvalue weighted by Gasteiger charge is 2.18. The molecule has 0 amide bonds. The zero-order valence-corrected chi connectivity index (χ0v) is 20.8. The summed E-state index contributed by atoms with van der Waals surface area (Å²) in [5.41, 5.74) is 7.20. The van der Waals surface area contributed by atoms with Crippen LogP contribution in [0.3, 0.4) is 0 Å². The molecule has 3 N–H and O–H groups in total. The lowest BCUT2D eigenvalue weighted by molar-refractivity contribution is 0.625. The van der Waals surface area contributed by atoms with Gasteiger partial charge in [0.2, 0.25) is 0 Å². The first-order valence-corrected chi connectivity index (χ1v) is 13.8. The van der Waals surface area contributed by atoms with Crippen molar-refractivity contribution < 1.29 is 4.39 Å². The second-order valence-electron chi connectivity index (χ2n) is 8.99. The molecule has 0 fully saturated rings. The number of aromatic amines is 2. The molecule has 8 nitrogen and oxygen atoms in total. The maximum atomic E-state index is 14.6. The molecule has 0 aliphatic heterocycles. The molecule has 0 unspecified atom stereocenters. The van der Waals surface area contributed by atoms with Crippen LogP contribution in [0.15, 0.2) is 67.1 Å². The van der Waals surface area contributed by atoms with Gasteiger partial charge in [0.05, 0.1) is 22.4 Å². The Bertz CT molecular complexity index is 1870. The maximum Gasteiger partial charge on any atom is 0.161 e. The molecule has 0 atom stereocenters. The summed E-state index contributed by atoms with van der Waals surface area (Å²) in [6.45, 7) is 0.454. The van der Waals surface area contributed by atoms with Gasteiger partial charge in [-0.3, -0.25) is 19.8 Å². The highest BCUT2D eigenvalue weighted by atomic mass is 32.2. The van der Waals surface area contributed by atoms with E-state index in [1.54, 1.807) is 18.6 Å². The fraction of sp³-hybridized carbons (Fsp3) is 0.0741. The Morgan fingerprint density at radius 1 is 0.892 bits per heavy atom. The number of halogens is 1. The van der Waals surface area contributed by atoms with Crippen LogP contribution in [0.5, 0.6) is 0 Å². The van der Waals surface area contributed by atoms with Crippen molar-refractivity contribution >= 4 is 43.2 Å². The van der Waals surface area contributed by atoms with Gasteiger partial charge in [0.15, 0.2) is 11.5 Å². The summed E-state index contributed by atoms with van der Waals surface area (Å²) in [6.07, 6.45) is 7.08. The molecule has 0 radical (unpaired) electrons. The lowest BCUT2D eigenvalue weighted by Gasteiger charge is -2.12. The molecule has 0 spiro atoms. The number of H-pyrrole nitrogens is 2. The number of hydrogen-bond donors (Lipinski definition) is 3. The third kappa shape index (κ3) is 4.59. The van der Waals surface area contributed by atoms with Gasteiger partial charge >= 0.3 is 0 Å². The van der Waals surface area contributed by atoms with Crippen LogP contribution in [-0.4, -0.2) is 53.1 Å². The molecule has 5 aromatic heterocycles. The van der Waals surface area contributed by atoms with Crippen LogP contribution < -0.4 is 4.72 Å². The Hall–Kier alpha value is -4.41. The summed E-state index contributed by atoms with van der Waals surface area (Å²) in [5, 5.41) is 7.51. The average Bonchev–Trinajstić information content (AvgIpc) is 3.51. The van der Waals surface area contributed by atoms with Gasteiger partial charge in [-0.2, -0.15) is 14.5 Å².